The van der Waals surface area contributed by atoms with Crippen LogP contribution in [0.1, 0.15) is 12.8 Å². The van der Waals surface area contributed by atoms with Gasteiger partial charge in [0.2, 0.25) is 0 Å². The number of methoxy groups -OCH3 is 2. The van der Waals surface area contributed by atoms with Crippen LogP contribution in [0.5, 0.6) is 0 Å². The normalized spacial score (nSPS) is 24.5. The van der Waals surface area contributed by atoms with Crippen LogP contribution in [0.2, 0.25) is 0 Å². The number of ether oxygens (including phenoxy) is 2. The molecule has 0 aliphatic carbocycles. The molecule has 1 rings (SSSR count). The van der Waals surface area contributed by atoms with Crippen molar-refractivity contribution >= 4 is 0 Å². The highest BCUT2D eigenvalue weighted by Gasteiger charge is 2.25. The highest BCUT2D eigenvalue weighted by atomic mass is 16.7. The van der Waals surface area contributed by atoms with E-state index in [1.54, 1.807) is 14.2 Å². The van der Waals surface area contributed by atoms with Crippen molar-refractivity contribution in [2.75, 3.05) is 33.9 Å². The van der Waals surface area contributed by atoms with Crippen LogP contribution < -0.4 is 0 Å². The Bertz CT molecular complexity index is 139. The maximum Gasteiger partial charge on any atom is 0.169 e. The van der Waals surface area contributed by atoms with Crippen molar-refractivity contribution in [3.05, 3.63) is 0 Å². The molecule has 0 amide bonds. The van der Waals surface area contributed by atoms with Crippen molar-refractivity contribution in [3.63, 3.8) is 0 Å². The van der Waals surface area contributed by atoms with Crippen molar-refractivity contribution in [1.29, 1.82) is 0 Å². The van der Waals surface area contributed by atoms with Gasteiger partial charge in [0.15, 0.2) is 6.29 Å². The maximum atomic E-state index is 9.07. The van der Waals surface area contributed by atoms with Gasteiger partial charge in [-0.05, 0) is 19.4 Å². The van der Waals surface area contributed by atoms with E-state index in [9.17, 15) is 0 Å². The van der Waals surface area contributed by atoms with E-state index < -0.39 is 0 Å². The lowest BCUT2D eigenvalue weighted by Gasteiger charge is -2.26. The molecule has 0 aromatic carbocycles. The molecular weight excluding hydrogens is 170 g/mol. The summed E-state index contributed by atoms with van der Waals surface area (Å²) < 4.78 is 10.2. The summed E-state index contributed by atoms with van der Waals surface area (Å²) in [5, 5.41) is 9.07. The molecule has 1 aliphatic rings. The lowest BCUT2D eigenvalue weighted by molar-refractivity contribution is -0.118. The summed E-state index contributed by atoms with van der Waals surface area (Å²) in [5.74, 6) is 0. The molecule has 4 nitrogen and oxygen atoms in total. The minimum atomic E-state index is -0.174. The second-order valence-electron chi connectivity index (χ2n) is 3.37. The molecule has 1 aliphatic heterocycles. The number of hydrogen-bond donors (Lipinski definition) is 1. The molecule has 13 heavy (non-hydrogen) atoms. The van der Waals surface area contributed by atoms with Gasteiger partial charge >= 0.3 is 0 Å². The fourth-order valence-corrected chi connectivity index (χ4v) is 1.78. The maximum absolute atomic E-state index is 9.07. The van der Waals surface area contributed by atoms with Gasteiger partial charge in [-0.1, -0.05) is 0 Å². The number of likely N-dealkylation sites (tertiary alicyclic amines) is 1. The standard InChI is InChI=1S/C9H19NO3/c1-12-9(13-2)6-10-5-3-4-8(10)7-11/h8-9,11H,3-7H2,1-2H3/t8-/m0/s1. The van der Waals surface area contributed by atoms with E-state index in [1.807, 2.05) is 0 Å². The average molecular weight is 189 g/mol. The van der Waals surface area contributed by atoms with Gasteiger partial charge in [0.25, 0.3) is 0 Å². The van der Waals surface area contributed by atoms with Crippen molar-refractivity contribution in [1.82, 2.24) is 4.90 Å². The largest absolute Gasteiger partial charge is 0.395 e. The quantitative estimate of drug-likeness (QED) is 0.621. The van der Waals surface area contributed by atoms with Crippen LogP contribution >= 0.6 is 0 Å². The third-order valence-electron chi connectivity index (χ3n) is 2.62. The molecule has 1 atom stereocenters. The van der Waals surface area contributed by atoms with E-state index in [4.69, 9.17) is 14.6 Å². The van der Waals surface area contributed by atoms with Gasteiger partial charge < -0.3 is 14.6 Å². The molecule has 0 aromatic heterocycles. The molecular formula is C9H19NO3. The van der Waals surface area contributed by atoms with Crippen molar-refractivity contribution < 1.29 is 14.6 Å². The number of aliphatic hydroxyl groups excluding tert-OH is 1. The molecule has 0 saturated carbocycles. The van der Waals surface area contributed by atoms with Crippen LogP contribution in [0.25, 0.3) is 0 Å². The highest BCUT2D eigenvalue weighted by molar-refractivity contribution is 4.78. The second kappa shape index (κ2) is 5.54. The first-order chi connectivity index (χ1) is 6.31. The van der Waals surface area contributed by atoms with Crippen LogP contribution in [-0.4, -0.2) is 56.3 Å². The van der Waals surface area contributed by atoms with Gasteiger partial charge in [0.1, 0.15) is 0 Å². The fourth-order valence-electron chi connectivity index (χ4n) is 1.78. The van der Waals surface area contributed by atoms with Gasteiger partial charge in [-0.2, -0.15) is 0 Å². The summed E-state index contributed by atoms with van der Waals surface area (Å²) in [7, 11) is 3.27. The van der Waals surface area contributed by atoms with Crippen molar-refractivity contribution in [2.24, 2.45) is 0 Å². The zero-order valence-electron chi connectivity index (χ0n) is 8.40. The van der Waals surface area contributed by atoms with Gasteiger partial charge in [-0.25, -0.2) is 0 Å². The third kappa shape index (κ3) is 2.91. The van der Waals surface area contributed by atoms with Crippen LogP contribution in [0.3, 0.4) is 0 Å². The zero-order valence-corrected chi connectivity index (χ0v) is 8.40. The lowest BCUT2D eigenvalue weighted by Crippen LogP contribution is -2.39. The van der Waals surface area contributed by atoms with Crippen LogP contribution in [-0.2, 0) is 9.47 Å². The summed E-state index contributed by atoms with van der Waals surface area (Å²) in [6.45, 7) is 2.02. The molecule has 1 N–H and O–H groups in total. The number of rotatable bonds is 5. The first-order valence-corrected chi connectivity index (χ1v) is 4.72. The smallest absolute Gasteiger partial charge is 0.169 e. The monoisotopic (exact) mass is 189 g/mol. The SMILES string of the molecule is COC(CN1CCC[C@H]1CO)OC. The molecule has 0 bridgehead atoms. The van der Waals surface area contributed by atoms with Gasteiger partial charge in [0.05, 0.1) is 6.61 Å². The third-order valence-corrected chi connectivity index (χ3v) is 2.62. The minimum Gasteiger partial charge on any atom is -0.395 e. The van der Waals surface area contributed by atoms with Crippen LogP contribution in [0.4, 0.5) is 0 Å². The van der Waals surface area contributed by atoms with E-state index in [2.05, 4.69) is 4.90 Å². The molecule has 0 radical (unpaired) electrons. The molecule has 0 aromatic rings. The van der Waals surface area contributed by atoms with Crippen LogP contribution in [0.15, 0.2) is 0 Å². The molecule has 1 saturated heterocycles. The van der Waals surface area contributed by atoms with E-state index in [0.29, 0.717) is 6.04 Å². The van der Waals surface area contributed by atoms with Gasteiger partial charge in [0, 0.05) is 26.8 Å². The average Bonchev–Trinajstić information content (AvgIpc) is 2.61. The van der Waals surface area contributed by atoms with E-state index in [-0.39, 0.29) is 12.9 Å². The Labute approximate surface area is 79.4 Å². The number of aliphatic hydroxyl groups is 1. The van der Waals surface area contributed by atoms with Gasteiger partial charge in [-0.3, -0.25) is 4.90 Å². The second-order valence-corrected chi connectivity index (χ2v) is 3.37. The Hall–Kier alpha value is -0.160. The van der Waals surface area contributed by atoms with E-state index >= 15 is 0 Å². The summed E-state index contributed by atoms with van der Waals surface area (Å²) >= 11 is 0. The van der Waals surface area contributed by atoms with Crippen molar-refractivity contribution in [3.8, 4) is 0 Å². The predicted molar refractivity (Wildman–Crippen MR) is 49.5 cm³/mol. The Kier molecular flexibility index (Phi) is 4.66. The highest BCUT2D eigenvalue weighted by Crippen LogP contribution is 2.17. The number of nitrogens with zero attached hydrogens (tertiary/aromatic N) is 1. The lowest BCUT2D eigenvalue weighted by atomic mass is 10.2. The van der Waals surface area contributed by atoms with Gasteiger partial charge in [-0.15, -0.1) is 0 Å². The Morgan fingerprint density at radius 1 is 1.46 bits per heavy atom. The summed E-state index contributed by atoms with van der Waals surface area (Å²) in [6, 6.07) is 0.299. The van der Waals surface area contributed by atoms with E-state index in [0.717, 1.165) is 25.9 Å². The summed E-state index contributed by atoms with van der Waals surface area (Å²) in [4.78, 5) is 2.22. The fraction of sp³-hybridized carbons (Fsp3) is 1.00. The zero-order chi connectivity index (χ0) is 9.68. The Balaban J connectivity index is 2.33. The Morgan fingerprint density at radius 3 is 2.69 bits per heavy atom. The minimum absolute atomic E-state index is 0.174. The first-order valence-electron chi connectivity index (χ1n) is 4.72. The number of hydrogen-bond acceptors (Lipinski definition) is 4. The molecule has 4 heteroatoms. The molecule has 1 heterocycles. The Morgan fingerprint density at radius 2 is 2.15 bits per heavy atom. The van der Waals surface area contributed by atoms with Crippen LogP contribution in [0, 0.1) is 0 Å². The summed E-state index contributed by atoms with van der Waals surface area (Å²) in [5.41, 5.74) is 0. The molecule has 78 valence electrons. The predicted octanol–water partition coefficient (Wildman–Crippen LogP) is 0.0620. The topological polar surface area (TPSA) is 41.9 Å². The first kappa shape index (κ1) is 10.9. The molecule has 0 unspecified atom stereocenters. The molecule has 1 fully saturated rings. The van der Waals surface area contributed by atoms with E-state index in [1.165, 1.54) is 0 Å². The molecule has 0 spiro atoms. The van der Waals surface area contributed by atoms with Crippen molar-refractivity contribution in [2.45, 2.75) is 25.2 Å². The summed E-state index contributed by atoms with van der Waals surface area (Å²) in [6.07, 6.45) is 2.06.